The number of rotatable bonds is 0. The summed E-state index contributed by atoms with van der Waals surface area (Å²) >= 11 is 0. The molecule has 1 heterocycles. The lowest BCUT2D eigenvalue weighted by Crippen LogP contribution is -2.53. The summed E-state index contributed by atoms with van der Waals surface area (Å²) < 4.78 is 13.9. The van der Waals surface area contributed by atoms with Crippen molar-refractivity contribution in [2.75, 3.05) is 20.1 Å². The maximum absolute atomic E-state index is 13.9. The lowest BCUT2D eigenvalue weighted by molar-refractivity contribution is 0.171. The molecule has 2 N–H and O–H groups in total. The van der Waals surface area contributed by atoms with Gasteiger partial charge in [0.25, 0.3) is 0 Å². The van der Waals surface area contributed by atoms with Crippen LogP contribution in [-0.4, -0.2) is 36.2 Å². The molecule has 0 bridgehead atoms. The lowest BCUT2D eigenvalue weighted by Gasteiger charge is -2.27. The fraction of sp³-hybridized carbons (Fsp3) is 0.750. The monoisotopic (exact) mass is 156 g/mol. The standard InChI is InChI=1S/C8H13FN2/c1-11-5-7(9)3-2-4-8(7,10)6-11/h2-3H,4-6,10H2,1H3/t7-,8-/m1/s1. The van der Waals surface area contributed by atoms with E-state index in [0.29, 0.717) is 19.5 Å². The smallest absolute Gasteiger partial charge is 0.161 e. The van der Waals surface area contributed by atoms with E-state index in [2.05, 4.69) is 0 Å². The molecular weight excluding hydrogens is 143 g/mol. The highest BCUT2D eigenvalue weighted by Crippen LogP contribution is 2.40. The third-order valence-electron chi connectivity index (χ3n) is 2.74. The zero-order chi connectivity index (χ0) is 8.11. The van der Waals surface area contributed by atoms with Crippen molar-refractivity contribution in [1.29, 1.82) is 0 Å². The maximum Gasteiger partial charge on any atom is 0.161 e. The molecule has 1 fully saturated rings. The molecule has 0 saturated carbocycles. The quantitative estimate of drug-likeness (QED) is 0.511. The zero-order valence-corrected chi connectivity index (χ0v) is 6.68. The van der Waals surface area contributed by atoms with E-state index in [1.165, 1.54) is 0 Å². The van der Waals surface area contributed by atoms with Crippen LogP contribution in [-0.2, 0) is 0 Å². The highest BCUT2D eigenvalue weighted by molar-refractivity contribution is 5.28. The Kier molecular flexibility index (Phi) is 1.22. The van der Waals surface area contributed by atoms with Crippen molar-refractivity contribution in [2.45, 2.75) is 17.6 Å². The van der Waals surface area contributed by atoms with Crippen LogP contribution in [0.4, 0.5) is 4.39 Å². The van der Waals surface area contributed by atoms with Crippen LogP contribution < -0.4 is 5.73 Å². The number of likely N-dealkylation sites (N-methyl/N-ethyl adjacent to an activating group) is 1. The van der Waals surface area contributed by atoms with Gasteiger partial charge < -0.3 is 10.6 Å². The number of halogens is 1. The van der Waals surface area contributed by atoms with Crippen molar-refractivity contribution in [3.05, 3.63) is 12.2 Å². The van der Waals surface area contributed by atoms with Crippen LogP contribution in [0.1, 0.15) is 6.42 Å². The molecule has 2 rings (SSSR count). The highest BCUT2D eigenvalue weighted by Gasteiger charge is 2.56. The lowest BCUT2D eigenvalue weighted by atomic mass is 9.88. The van der Waals surface area contributed by atoms with Gasteiger partial charge >= 0.3 is 0 Å². The first-order valence-corrected chi connectivity index (χ1v) is 3.90. The van der Waals surface area contributed by atoms with Gasteiger partial charge in [-0.25, -0.2) is 4.39 Å². The highest BCUT2D eigenvalue weighted by atomic mass is 19.1. The molecule has 0 amide bonds. The van der Waals surface area contributed by atoms with Gasteiger partial charge in [-0.05, 0) is 19.5 Å². The SMILES string of the molecule is CN1C[C@]2(N)CC=C[C@@]2(F)C1. The molecule has 0 radical (unpaired) electrons. The molecule has 0 aromatic heterocycles. The van der Waals surface area contributed by atoms with Gasteiger partial charge in [-0.1, -0.05) is 6.08 Å². The van der Waals surface area contributed by atoms with E-state index in [1.54, 1.807) is 6.08 Å². The fourth-order valence-electron chi connectivity index (χ4n) is 2.13. The summed E-state index contributed by atoms with van der Waals surface area (Å²) in [5, 5.41) is 0. The Labute approximate surface area is 65.9 Å². The Balaban J connectivity index is 2.33. The number of nitrogens with two attached hydrogens (primary N) is 1. The van der Waals surface area contributed by atoms with Crippen LogP contribution in [0, 0.1) is 0 Å². The molecular formula is C8H13FN2. The predicted molar refractivity (Wildman–Crippen MR) is 42.0 cm³/mol. The van der Waals surface area contributed by atoms with Crippen LogP contribution in [0.25, 0.3) is 0 Å². The van der Waals surface area contributed by atoms with Crippen molar-refractivity contribution in [1.82, 2.24) is 4.90 Å². The number of hydrogen-bond donors (Lipinski definition) is 1. The van der Waals surface area contributed by atoms with Gasteiger partial charge in [0.15, 0.2) is 5.67 Å². The molecule has 1 aliphatic heterocycles. The third-order valence-corrected chi connectivity index (χ3v) is 2.74. The van der Waals surface area contributed by atoms with Gasteiger partial charge in [0.2, 0.25) is 0 Å². The second-order valence-electron chi connectivity index (χ2n) is 3.80. The molecule has 1 aliphatic carbocycles. The number of hydrogen-bond acceptors (Lipinski definition) is 2. The van der Waals surface area contributed by atoms with Gasteiger partial charge in [0, 0.05) is 13.1 Å². The second-order valence-corrected chi connectivity index (χ2v) is 3.80. The Bertz CT molecular complexity index is 216. The molecule has 11 heavy (non-hydrogen) atoms. The van der Waals surface area contributed by atoms with Gasteiger partial charge in [0.05, 0.1) is 5.54 Å². The van der Waals surface area contributed by atoms with E-state index in [9.17, 15) is 4.39 Å². The molecule has 0 aromatic carbocycles. The number of alkyl halides is 1. The zero-order valence-electron chi connectivity index (χ0n) is 6.68. The van der Waals surface area contributed by atoms with Crippen molar-refractivity contribution < 1.29 is 4.39 Å². The summed E-state index contributed by atoms with van der Waals surface area (Å²) in [4.78, 5) is 1.95. The van der Waals surface area contributed by atoms with E-state index in [4.69, 9.17) is 5.73 Å². The molecule has 3 heteroatoms. The number of likely N-dealkylation sites (tertiary alicyclic amines) is 1. The Morgan fingerprint density at radius 1 is 1.55 bits per heavy atom. The van der Waals surface area contributed by atoms with E-state index >= 15 is 0 Å². The maximum atomic E-state index is 13.9. The van der Waals surface area contributed by atoms with Crippen LogP contribution >= 0.6 is 0 Å². The number of nitrogens with zero attached hydrogens (tertiary/aromatic N) is 1. The van der Waals surface area contributed by atoms with Crippen LogP contribution in [0.3, 0.4) is 0 Å². The summed E-state index contributed by atoms with van der Waals surface area (Å²) in [5.41, 5.74) is 4.01. The summed E-state index contributed by atoms with van der Waals surface area (Å²) in [6, 6.07) is 0. The third kappa shape index (κ3) is 0.781. The van der Waals surface area contributed by atoms with Gasteiger partial charge in [0.1, 0.15) is 0 Å². The first-order valence-electron chi connectivity index (χ1n) is 3.90. The Morgan fingerprint density at radius 2 is 2.27 bits per heavy atom. The minimum absolute atomic E-state index is 0.444. The van der Waals surface area contributed by atoms with Crippen molar-refractivity contribution in [3.63, 3.8) is 0 Å². The van der Waals surface area contributed by atoms with E-state index in [1.807, 2.05) is 18.0 Å². The van der Waals surface area contributed by atoms with Gasteiger partial charge in [-0.2, -0.15) is 0 Å². The van der Waals surface area contributed by atoms with E-state index in [-0.39, 0.29) is 0 Å². The minimum atomic E-state index is -1.26. The van der Waals surface area contributed by atoms with Crippen LogP contribution in [0.5, 0.6) is 0 Å². The van der Waals surface area contributed by atoms with Gasteiger partial charge in [-0.15, -0.1) is 0 Å². The van der Waals surface area contributed by atoms with Gasteiger partial charge in [-0.3, -0.25) is 0 Å². The summed E-state index contributed by atoms with van der Waals surface area (Å²) in [5.74, 6) is 0. The second kappa shape index (κ2) is 1.84. The van der Waals surface area contributed by atoms with Crippen molar-refractivity contribution >= 4 is 0 Å². The Hall–Kier alpha value is -0.410. The molecule has 0 unspecified atom stereocenters. The largest absolute Gasteiger partial charge is 0.321 e. The normalized spacial score (nSPS) is 50.1. The van der Waals surface area contributed by atoms with Crippen LogP contribution in [0.2, 0.25) is 0 Å². The fourth-order valence-corrected chi connectivity index (χ4v) is 2.13. The van der Waals surface area contributed by atoms with E-state index in [0.717, 1.165) is 0 Å². The van der Waals surface area contributed by atoms with E-state index < -0.39 is 11.2 Å². The van der Waals surface area contributed by atoms with Crippen molar-refractivity contribution in [2.24, 2.45) is 5.73 Å². The summed E-state index contributed by atoms with van der Waals surface area (Å²) in [7, 11) is 1.90. The predicted octanol–water partition coefficient (Wildman–Crippen LogP) is 0.298. The molecule has 0 spiro atoms. The average molecular weight is 156 g/mol. The topological polar surface area (TPSA) is 29.3 Å². The molecule has 2 nitrogen and oxygen atoms in total. The van der Waals surface area contributed by atoms with Crippen LogP contribution in [0.15, 0.2) is 12.2 Å². The number of fused-ring (bicyclic) bond motifs is 1. The Morgan fingerprint density at radius 3 is 2.91 bits per heavy atom. The first-order chi connectivity index (χ1) is 5.06. The minimum Gasteiger partial charge on any atom is -0.321 e. The molecule has 1 saturated heterocycles. The molecule has 2 atom stereocenters. The van der Waals surface area contributed by atoms with Crippen molar-refractivity contribution in [3.8, 4) is 0 Å². The molecule has 2 aliphatic rings. The average Bonchev–Trinajstić information content (AvgIpc) is 2.16. The molecule has 0 aromatic rings. The molecule has 62 valence electrons. The first kappa shape index (κ1) is 7.25. The summed E-state index contributed by atoms with van der Waals surface area (Å²) in [6.07, 6.45) is 4.15. The summed E-state index contributed by atoms with van der Waals surface area (Å²) in [6.45, 7) is 1.11.